The molecule has 0 bridgehead atoms. The number of nitrogens with two attached hydrogens (primary N) is 1. The van der Waals surface area contributed by atoms with Crippen LogP contribution in [0.1, 0.15) is 109 Å². The second-order valence-electron chi connectivity index (χ2n) is 22.1. The van der Waals surface area contributed by atoms with E-state index in [9.17, 15) is 23.4 Å². The van der Waals surface area contributed by atoms with Crippen LogP contribution in [-0.4, -0.2) is 143 Å². The van der Waals surface area contributed by atoms with E-state index in [1.54, 1.807) is 32.6 Å². The summed E-state index contributed by atoms with van der Waals surface area (Å²) in [6, 6.07) is 0. The first kappa shape index (κ1) is 73.0. The number of aliphatic hydroxyl groups excluding tert-OH is 1. The average molecular weight is 1300 g/mol. The zero-order chi connectivity index (χ0) is 62.1. The topological polar surface area (TPSA) is 359 Å². The van der Waals surface area contributed by atoms with Crippen molar-refractivity contribution in [2.75, 3.05) is 76.3 Å². The average Bonchev–Trinajstić information content (AvgIpc) is 3.53. The van der Waals surface area contributed by atoms with E-state index in [-0.39, 0.29) is 44.3 Å². The van der Waals surface area contributed by atoms with E-state index in [0.717, 1.165) is 85.7 Å². The molecular formula is C53H89BrN8O16P4. The highest BCUT2D eigenvalue weighted by molar-refractivity contribution is 9.09. The van der Waals surface area contributed by atoms with Gasteiger partial charge in [0.15, 0.2) is 0 Å². The lowest BCUT2D eigenvalue weighted by atomic mass is 10.1. The first-order chi connectivity index (χ1) is 37.8. The molecule has 7 rings (SSSR count). The lowest BCUT2D eigenvalue weighted by Crippen LogP contribution is -2.36. The summed E-state index contributed by atoms with van der Waals surface area (Å²) in [7, 11) is -11.6. The largest absolute Gasteiger partial charge is 0.506 e. The third-order valence-electron chi connectivity index (χ3n) is 12.3. The lowest BCUT2D eigenvalue weighted by Gasteiger charge is -2.34. The van der Waals surface area contributed by atoms with Gasteiger partial charge in [-0.3, -0.25) is 29.1 Å². The quantitative estimate of drug-likeness (QED) is 0.0248. The summed E-state index contributed by atoms with van der Waals surface area (Å²) < 4.78 is 78.3. The van der Waals surface area contributed by atoms with Gasteiger partial charge in [0.2, 0.25) is 17.4 Å². The van der Waals surface area contributed by atoms with Gasteiger partial charge in [-0.05, 0) is 76.6 Å². The number of aliphatic hydroxyl groups is 1. The van der Waals surface area contributed by atoms with Crippen LogP contribution in [0.4, 0.5) is 0 Å². The second kappa shape index (κ2) is 31.9. The Balaban J connectivity index is 0.000000277. The molecule has 11 N–H and O–H groups in total. The Hall–Kier alpha value is -3.28. The molecule has 0 spiro atoms. The third-order valence-corrected chi connectivity index (χ3v) is 17.5. The smallest absolute Gasteiger partial charge is 0.326 e. The molecule has 0 fully saturated rings. The zero-order valence-corrected chi connectivity index (χ0v) is 55.1. The summed E-state index contributed by atoms with van der Waals surface area (Å²) in [6.07, 6.45) is 7.99. The molecule has 0 amide bonds. The van der Waals surface area contributed by atoms with Crippen LogP contribution in [0.2, 0.25) is 0 Å². The lowest BCUT2D eigenvalue weighted by molar-refractivity contribution is -0.181. The van der Waals surface area contributed by atoms with E-state index in [1.165, 1.54) is 6.20 Å². The first-order valence-corrected chi connectivity index (χ1v) is 36.8. The molecule has 24 nitrogen and oxygen atoms in total. The van der Waals surface area contributed by atoms with Crippen LogP contribution in [0, 0.1) is 27.7 Å². The molecule has 0 radical (unpaired) electrons. The Morgan fingerprint density at radius 3 is 1.17 bits per heavy atom. The summed E-state index contributed by atoms with van der Waals surface area (Å²) in [6.45, 7) is 30.1. The Morgan fingerprint density at radius 1 is 0.537 bits per heavy atom. The number of aromatic hydroxyl groups is 1. The van der Waals surface area contributed by atoms with E-state index < -0.39 is 46.8 Å². The van der Waals surface area contributed by atoms with Gasteiger partial charge >= 0.3 is 15.2 Å². The molecule has 3 aliphatic rings. The summed E-state index contributed by atoms with van der Waals surface area (Å²) in [5, 5.41) is 28.9. The van der Waals surface area contributed by atoms with Crippen LogP contribution >= 0.6 is 45.4 Å². The monoisotopic (exact) mass is 1300 g/mol. The van der Waals surface area contributed by atoms with Crippen molar-refractivity contribution < 1.29 is 76.5 Å². The van der Waals surface area contributed by atoms with Gasteiger partial charge < -0.3 is 89.0 Å². The minimum Gasteiger partial charge on any atom is -0.506 e. The summed E-state index contributed by atoms with van der Waals surface area (Å²) in [4.78, 5) is 51.9. The van der Waals surface area contributed by atoms with Crippen LogP contribution in [0.5, 0.6) is 23.0 Å². The van der Waals surface area contributed by atoms with E-state index in [1.807, 2.05) is 81.8 Å². The molecule has 3 aliphatic heterocycles. The molecule has 0 unspecified atom stereocenters. The van der Waals surface area contributed by atoms with E-state index in [2.05, 4.69) is 51.8 Å². The number of fused-ring (bicyclic) bond motifs is 3. The molecule has 4 aromatic rings. The maximum absolute atomic E-state index is 11.7. The molecular weight excluding hydrogens is 1210 g/mol. The van der Waals surface area contributed by atoms with E-state index in [0.29, 0.717) is 62.4 Å². The van der Waals surface area contributed by atoms with Crippen molar-refractivity contribution in [2.45, 2.75) is 139 Å². The van der Waals surface area contributed by atoms with Gasteiger partial charge in [-0.25, -0.2) is 0 Å². The van der Waals surface area contributed by atoms with Crippen molar-refractivity contribution in [1.29, 1.82) is 0 Å². The number of pyridine rings is 4. The molecule has 7 heterocycles. The number of nitrogens with zero attached hydrogens (tertiary/aromatic N) is 4. The fraction of sp³-hybridized carbons (Fsp3) is 0.623. The minimum atomic E-state index is -4.00. The number of hydrogen-bond acceptors (Lipinski definition) is 20. The van der Waals surface area contributed by atoms with Crippen LogP contribution in [-0.2, 0) is 85.1 Å². The van der Waals surface area contributed by atoms with Gasteiger partial charge in [0.1, 0.15) is 23.0 Å². The number of hydrogen-bond donors (Lipinski definition) is 10. The number of nitrogens with one attached hydrogen (secondary N) is 3. The van der Waals surface area contributed by atoms with E-state index >= 15 is 0 Å². The van der Waals surface area contributed by atoms with Crippen molar-refractivity contribution in [1.82, 2.24) is 35.9 Å². The Labute approximate surface area is 491 Å². The molecule has 82 heavy (non-hydrogen) atoms. The maximum atomic E-state index is 11.7. The summed E-state index contributed by atoms with van der Waals surface area (Å²) in [5.74, 6) is 0.491. The van der Waals surface area contributed by atoms with Crippen LogP contribution in [0.3, 0.4) is 0 Å². The number of rotatable bonds is 19. The van der Waals surface area contributed by atoms with Crippen LogP contribution < -0.4 is 35.9 Å². The molecule has 4 aromatic heterocycles. The molecule has 0 atom stereocenters. The zero-order valence-electron chi connectivity index (χ0n) is 49.9. The highest BCUT2D eigenvalue weighted by atomic mass is 79.9. The van der Waals surface area contributed by atoms with E-state index in [4.69, 9.17) is 58.8 Å². The summed E-state index contributed by atoms with van der Waals surface area (Å²) in [5.41, 5.74) is 15.6. The minimum absolute atomic E-state index is 0.0493. The molecule has 0 aromatic carbocycles. The normalized spacial score (nSPS) is 15.7. The molecule has 0 aliphatic carbocycles. The predicted octanol–water partition coefficient (Wildman–Crippen LogP) is 7.40. The highest BCUT2D eigenvalue weighted by Gasteiger charge is 2.33. The fourth-order valence-electron chi connectivity index (χ4n) is 7.64. The van der Waals surface area contributed by atoms with Crippen molar-refractivity contribution >= 4 is 45.4 Å². The maximum Gasteiger partial charge on any atom is 0.326 e. The van der Waals surface area contributed by atoms with Crippen molar-refractivity contribution in [3.05, 3.63) is 92.1 Å². The second-order valence-corrected chi connectivity index (χ2v) is 33.6. The highest BCUT2D eigenvalue weighted by Crippen LogP contribution is 2.40. The number of alkyl halides is 1. The first-order valence-electron chi connectivity index (χ1n) is 26.5. The van der Waals surface area contributed by atoms with Gasteiger partial charge in [0.05, 0.1) is 75.8 Å². The molecule has 0 saturated heterocycles. The molecule has 0 saturated carbocycles. The Bertz CT molecular complexity index is 2830. The molecule has 29 heteroatoms. The third kappa shape index (κ3) is 26.1. The predicted molar refractivity (Wildman–Crippen MR) is 321 cm³/mol. The number of ether oxygens (including phenoxy) is 6. The van der Waals surface area contributed by atoms with Gasteiger partial charge in [0, 0.05) is 152 Å². The number of aryl methyl sites for hydroxylation is 4. The van der Waals surface area contributed by atoms with Gasteiger partial charge in [-0.2, -0.15) is 0 Å². The van der Waals surface area contributed by atoms with Crippen molar-refractivity contribution in [3.8, 4) is 23.0 Å². The summed E-state index contributed by atoms with van der Waals surface area (Å²) >= 11 is 3.21. The molecule has 464 valence electrons. The standard InChI is InChI=1S/C15H25N2O3P.C13H21N2O5P.C11H16N2O2.C10H17N2O5P.C4H10BrOP/c1-11-14-13(10-19-15(2,3)20-14)12(9-17-11)8-16-6-7-21(4,5)18;1-9-12-11(8-19-13(2,3)20-12)10(7-15-9)6-14-4-5-21(16,17)18;1-7-10-9(8(4-12)5-13-7)6-14-11(2,3)15-10;1-7-10(14)9(6-13)8(5-12-7)4-11-2-3-18(15,16)17;1-7(2,6)4-3-5/h9,16H,6-8,10H2,1-5H3;7,14H,4-6,8H2,1-3H3,(H2,16,17,18);5H,4,6,12H2,1-3H3;5,11,13-14H,2-4,6H2,1H3,(H2,15,16,17);3-4H2,1-2H3. The van der Waals surface area contributed by atoms with Crippen LogP contribution in [0.25, 0.3) is 0 Å². The van der Waals surface area contributed by atoms with Crippen LogP contribution in [0.15, 0.2) is 24.8 Å². The van der Waals surface area contributed by atoms with Crippen molar-refractivity contribution in [3.63, 3.8) is 0 Å². The Kier molecular flexibility index (Phi) is 28.4. The van der Waals surface area contributed by atoms with Gasteiger partial charge in [-0.15, -0.1) is 0 Å². The Morgan fingerprint density at radius 2 is 0.854 bits per heavy atom. The fourth-order valence-corrected chi connectivity index (χ4v) is 12.2. The van der Waals surface area contributed by atoms with Gasteiger partial charge in [0.25, 0.3) is 0 Å². The number of aromatic nitrogens is 4. The SMILES string of the molecule is CP(C)(=O)CCBr.Cc1ncc(CN)c2c1OC(C)(C)OC2.Cc1ncc(CNCCP(=O)(O)O)c(CO)c1O.Cc1ncc(CNCCP(=O)(O)O)c2c1OC(C)(C)OC2.Cc1ncc(CNCCP(C)(C)=O)c2c1OC(C)(C)OC2. The number of halogens is 1. The van der Waals surface area contributed by atoms with Crippen molar-refractivity contribution in [2.24, 2.45) is 5.73 Å². The van der Waals surface area contributed by atoms with Gasteiger partial charge in [-0.1, -0.05) is 15.9 Å².